The summed E-state index contributed by atoms with van der Waals surface area (Å²) in [6.07, 6.45) is 7.26. The van der Waals surface area contributed by atoms with Gasteiger partial charge in [0, 0.05) is 6.04 Å². The Balaban J connectivity index is 1.80. The molecule has 3 unspecified atom stereocenters. The number of rotatable bonds is 6. The van der Waals surface area contributed by atoms with Crippen LogP contribution in [0.4, 0.5) is 0 Å². The second-order valence-electron chi connectivity index (χ2n) is 6.18. The Hall–Kier alpha value is -0.0400. The third-order valence-electron chi connectivity index (χ3n) is 4.23. The third-order valence-corrected chi connectivity index (χ3v) is 4.23. The van der Waals surface area contributed by atoms with E-state index in [-0.39, 0.29) is 0 Å². The summed E-state index contributed by atoms with van der Waals surface area (Å²) in [5, 5.41) is 3.78. The van der Waals surface area contributed by atoms with Crippen molar-refractivity contribution in [3.05, 3.63) is 0 Å². The van der Waals surface area contributed by atoms with E-state index in [0.717, 1.165) is 29.7 Å². The first kappa shape index (κ1) is 11.4. The summed E-state index contributed by atoms with van der Waals surface area (Å²) in [4.78, 5) is 0. The van der Waals surface area contributed by atoms with Gasteiger partial charge in [0.25, 0.3) is 0 Å². The van der Waals surface area contributed by atoms with Crippen LogP contribution in [-0.2, 0) is 0 Å². The summed E-state index contributed by atoms with van der Waals surface area (Å²) in [5.41, 5.74) is 0. The zero-order chi connectivity index (χ0) is 10.8. The van der Waals surface area contributed by atoms with Gasteiger partial charge in [-0.2, -0.15) is 0 Å². The minimum absolute atomic E-state index is 0.817. The van der Waals surface area contributed by atoms with Crippen LogP contribution < -0.4 is 5.32 Å². The minimum Gasteiger partial charge on any atom is -0.314 e. The van der Waals surface area contributed by atoms with Crippen LogP contribution in [0.1, 0.15) is 52.9 Å². The molecule has 0 saturated heterocycles. The summed E-state index contributed by atoms with van der Waals surface area (Å²) in [5.74, 6) is 4.11. The topological polar surface area (TPSA) is 12.0 Å². The van der Waals surface area contributed by atoms with Crippen LogP contribution >= 0.6 is 0 Å². The number of nitrogens with one attached hydrogen (secondary N) is 1. The molecular formula is C14H27N. The van der Waals surface area contributed by atoms with Gasteiger partial charge in [-0.3, -0.25) is 0 Å². The van der Waals surface area contributed by atoms with Crippen molar-refractivity contribution in [1.82, 2.24) is 5.32 Å². The van der Waals surface area contributed by atoms with Gasteiger partial charge in [-0.05, 0) is 62.3 Å². The highest BCUT2D eigenvalue weighted by molar-refractivity contribution is 4.99. The smallest absolute Gasteiger partial charge is 0.00979 e. The van der Waals surface area contributed by atoms with Crippen LogP contribution in [0.5, 0.6) is 0 Å². The minimum atomic E-state index is 0.817. The summed E-state index contributed by atoms with van der Waals surface area (Å²) >= 11 is 0. The second-order valence-corrected chi connectivity index (χ2v) is 6.18. The van der Waals surface area contributed by atoms with E-state index in [1.165, 1.54) is 32.2 Å². The third kappa shape index (κ3) is 2.96. The van der Waals surface area contributed by atoms with Gasteiger partial charge >= 0.3 is 0 Å². The van der Waals surface area contributed by atoms with E-state index in [2.05, 4.69) is 26.1 Å². The summed E-state index contributed by atoms with van der Waals surface area (Å²) in [7, 11) is 0. The molecule has 0 spiro atoms. The van der Waals surface area contributed by atoms with Crippen molar-refractivity contribution < 1.29 is 0 Å². The fraction of sp³-hybridized carbons (Fsp3) is 1.00. The first-order valence-corrected chi connectivity index (χ1v) is 6.94. The van der Waals surface area contributed by atoms with Crippen LogP contribution in [-0.4, -0.2) is 12.6 Å². The Kier molecular flexibility index (Phi) is 3.71. The van der Waals surface area contributed by atoms with Gasteiger partial charge in [0.2, 0.25) is 0 Å². The van der Waals surface area contributed by atoms with Crippen LogP contribution in [0.2, 0.25) is 0 Å². The average Bonchev–Trinajstić information content (AvgIpc) is 2.80. The maximum Gasteiger partial charge on any atom is 0.00979 e. The molecule has 0 bridgehead atoms. The van der Waals surface area contributed by atoms with Gasteiger partial charge in [-0.25, -0.2) is 0 Å². The first-order valence-electron chi connectivity index (χ1n) is 6.94. The lowest BCUT2D eigenvalue weighted by molar-refractivity contribution is 0.292. The molecule has 3 atom stereocenters. The molecule has 0 aromatic heterocycles. The molecule has 0 aliphatic heterocycles. The molecule has 15 heavy (non-hydrogen) atoms. The van der Waals surface area contributed by atoms with Crippen molar-refractivity contribution in [1.29, 1.82) is 0 Å². The van der Waals surface area contributed by atoms with E-state index in [4.69, 9.17) is 0 Å². The van der Waals surface area contributed by atoms with Gasteiger partial charge in [-0.15, -0.1) is 0 Å². The summed E-state index contributed by atoms with van der Waals surface area (Å²) < 4.78 is 0. The molecule has 88 valence electrons. The molecule has 1 nitrogen and oxygen atoms in total. The number of fused-ring (bicyclic) bond motifs is 1. The van der Waals surface area contributed by atoms with Gasteiger partial charge in [0.05, 0.1) is 0 Å². The Morgan fingerprint density at radius 1 is 1.13 bits per heavy atom. The highest BCUT2D eigenvalue weighted by Gasteiger charge is 2.47. The van der Waals surface area contributed by atoms with Crippen LogP contribution in [0.3, 0.4) is 0 Å². The number of hydrogen-bond donors (Lipinski definition) is 1. The molecule has 2 fully saturated rings. The van der Waals surface area contributed by atoms with Crippen LogP contribution in [0, 0.1) is 23.7 Å². The quantitative estimate of drug-likeness (QED) is 0.706. The maximum atomic E-state index is 3.78. The maximum absolute atomic E-state index is 3.78. The highest BCUT2D eigenvalue weighted by atomic mass is 14.9. The molecule has 0 aromatic rings. The predicted octanol–water partition coefficient (Wildman–Crippen LogP) is 3.45. The fourth-order valence-corrected chi connectivity index (χ4v) is 3.37. The lowest BCUT2D eigenvalue weighted by Crippen LogP contribution is -2.37. The van der Waals surface area contributed by atoms with Gasteiger partial charge in [0.1, 0.15) is 0 Å². The van der Waals surface area contributed by atoms with E-state index >= 15 is 0 Å². The Bertz CT molecular complexity index is 190. The van der Waals surface area contributed by atoms with Crippen LogP contribution in [0.25, 0.3) is 0 Å². The fourth-order valence-electron chi connectivity index (χ4n) is 3.37. The van der Waals surface area contributed by atoms with E-state index in [0.29, 0.717) is 0 Å². The van der Waals surface area contributed by atoms with Crippen molar-refractivity contribution in [2.75, 3.05) is 6.54 Å². The van der Waals surface area contributed by atoms with Crippen molar-refractivity contribution >= 4 is 0 Å². The molecule has 0 radical (unpaired) electrons. The number of hydrogen-bond acceptors (Lipinski definition) is 1. The van der Waals surface area contributed by atoms with Crippen molar-refractivity contribution in [3.63, 3.8) is 0 Å². The van der Waals surface area contributed by atoms with E-state index in [1.807, 2.05) is 0 Å². The summed E-state index contributed by atoms with van der Waals surface area (Å²) in [6, 6.07) is 0.817. The van der Waals surface area contributed by atoms with Gasteiger partial charge < -0.3 is 5.32 Å². The highest BCUT2D eigenvalue weighted by Crippen LogP contribution is 2.55. The van der Waals surface area contributed by atoms with Gasteiger partial charge in [0.15, 0.2) is 0 Å². The zero-order valence-corrected chi connectivity index (χ0v) is 10.6. The van der Waals surface area contributed by atoms with Gasteiger partial charge in [-0.1, -0.05) is 20.8 Å². The first-order chi connectivity index (χ1) is 7.20. The standard InChI is InChI=1S/C14H27N/c1-4-5-15-14(6-10(2)3)13-8-11-7-12(11)9-13/h10-15H,4-9H2,1-3H3. The predicted molar refractivity (Wildman–Crippen MR) is 65.9 cm³/mol. The molecule has 0 aromatic carbocycles. The molecule has 1 N–H and O–H groups in total. The second kappa shape index (κ2) is 4.86. The lowest BCUT2D eigenvalue weighted by Gasteiger charge is -2.27. The Morgan fingerprint density at radius 2 is 1.80 bits per heavy atom. The lowest BCUT2D eigenvalue weighted by atomic mass is 9.88. The molecule has 2 rings (SSSR count). The van der Waals surface area contributed by atoms with Crippen molar-refractivity contribution in [3.8, 4) is 0 Å². The van der Waals surface area contributed by atoms with Crippen molar-refractivity contribution in [2.24, 2.45) is 23.7 Å². The van der Waals surface area contributed by atoms with Crippen LogP contribution in [0.15, 0.2) is 0 Å². The molecule has 2 aliphatic rings. The summed E-state index contributed by atoms with van der Waals surface area (Å²) in [6.45, 7) is 8.20. The molecule has 2 aliphatic carbocycles. The normalized spacial score (nSPS) is 35.6. The molecule has 0 amide bonds. The van der Waals surface area contributed by atoms with E-state index in [1.54, 1.807) is 6.42 Å². The Labute approximate surface area is 95.0 Å². The largest absolute Gasteiger partial charge is 0.314 e. The van der Waals surface area contributed by atoms with E-state index < -0.39 is 0 Å². The molecule has 1 heteroatoms. The SMILES string of the molecule is CCCNC(CC(C)C)C1CC2CC2C1. The Morgan fingerprint density at radius 3 is 2.33 bits per heavy atom. The monoisotopic (exact) mass is 209 g/mol. The van der Waals surface area contributed by atoms with Crippen molar-refractivity contribution in [2.45, 2.75) is 58.9 Å². The molecule has 0 heterocycles. The van der Waals surface area contributed by atoms with E-state index in [9.17, 15) is 0 Å². The molecular weight excluding hydrogens is 182 g/mol. The zero-order valence-electron chi connectivity index (χ0n) is 10.6. The average molecular weight is 209 g/mol. The molecule has 2 saturated carbocycles.